The normalized spacial score (nSPS) is 12.6. The van der Waals surface area contributed by atoms with Crippen LogP contribution in [0.15, 0.2) is 72.9 Å². The molecular weight excluding hydrogens is 769 g/mol. The molecule has 0 heterocycles. The van der Waals surface area contributed by atoms with Crippen molar-refractivity contribution in [3.63, 3.8) is 0 Å². The highest BCUT2D eigenvalue weighted by Crippen LogP contribution is 2.15. The molecule has 0 bridgehead atoms. The summed E-state index contributed by atoms with van der Waals surface area (Å²) >= 11 is 0. The van der Waals surface area contributed by atoms with Crippen LogP contribution in [0.25, 0.3) is 0 Å². The van der Waals surface area contributed by atoms with E-state index in [0.717, 1.165) is 103 Å². The van der Waals surface area contributed by atoms with E-state index in [1.807, 2.05) is 0 Å². The van der Waals surface area contributed by atoms with Gasteiger partial charge in [0.2, 0.25) is 0 Å². The van der Waals surface area contributed by atoms with Crippen LogP contribution in [0, 0.1) is 0 Å². The Balaban J connectivity index is 4.42. The summed E-state index contributed by atoms with van der Waals surface area (Å²) in [6.45, 7) is 6.47. The number of hydrogen-bond acceptors (Lipinski definition) is 6. The lowest BCUT2D eigenvalue weighted by Gasteiger charge is -2.18. The molecule has 0 aromatic carbocycles. The molecule has 0 radical (unpaired) electrons. The lowest BCUT2D eigenvalue weighted by Crippen LogP contribution is -2.30. The van der Waals surface area contributed by atoms with Gasteiger partial charge in [0.25, 0.3) is 0 Å². The lowest BCUT2D eigenvalue weighted by molar-refractivity contribution is -0.167. The van der Waals surface area contributed by atoms with Gasteiger partial charge < -0.3 is 14.2 Å². The molecule has 0 aromatic rings. The molecule has 6 nitrogen and oxygen atoms in total. The molecule has 1 unspecified atom stereocenters. The zero-order valence-corrected chi connectivity index (χ0v) is 40.6. The number of ether oxygens (including phenoxy) is 3. The van der Waals surface area contributed by atoms with E-state index >= 15 is 0 Å². The molecule has 0 aliphatic carbocycles. The molecule has 0 saturated carbocycles. The standard InChI is InChI=1S/C56H96O6/c1-4-7-10-13-16-19-22-25-26-27-28-29-30-32-34-37-40-43-46-49-55(58)61-52-53(51-60-54(57)48-45-42-39-36-33-24-21-18-15-12-9-6-3)62-56(59)50-47-44-41-38-35-31-23-20-17-14-11-8-5-2/h7,10,16,18-19,21,25-26,28-29,32,34,53H,4-6,8-9,11-15,17,20,22-24,27,30-31,33,35-52H2,1-3H3/b10-7-,19-16-,21-18-,26-25-,29-28-,34-32-. The first kappa shape index (κ1) is 58.9. The van der Waals surface area contributed by atoms with Crippen LogP contribution in [0.4, 0.5) is 0 Å². The van der Waals surface area contributed by atoms with Crippen molar-refractivity contribution < 1.29 is 28.6 Å². The number of unbranched alkanes of at least 4 members (excludes halogenated alkanes) is 23. The molecule has 1 atom stereocenters. The number of rotatable bonds is 46. The Bertz CT molecular complexity index is 1180. The summed E-state index contributed by atoms with van der Waals surface area (Å²) in [6, 6.07) is 0. The molecule has 62 heavy (non-hydrogen) atoms. The van der Waals surface area contributed by atoms with Gasteiger partial charge in [-0.1, -0.05) is 209 Å². The van der Waals surface area contributed by atoms with E-state index in [9.17, 15) is 14.4 Å². The number of hydrogen-bond donors (Lipinski definition) is 0. The fourth-order valence-corrected chi connectivity index (χ4v) is 7.05. The molecule has 0 saturated heterocycles. The predicted molar refractivity (Wildman–Crippen MR) is 265 cm³/mol. The molecule has 0 fully saturated rings. The zero-order valence-electron chi connectivity index (χ0n) is 40.6. The topological polar surface area (TPSA) is 78.9 Å². The van der Waals surface area contributed by atoms with Gasteiger partial charge in [0.15, 0.2) is 6.10 Å². The summed E-state index contributed by atoms with van der Waals surface area (Å²) < 4.78 is 16.8. The molecule has 0 aliphatic heterocycles. The zero-order chi connectivity index (χ0) is 45.1. The second-order valence-electron chi connectivity index (χ2n) is 17.1. The van der Waals surface area contributed by atoms with Gasteiger partial charge in [0.05, 0.1) is 0 Å². The van der Waals surface area contributed by atoms with Crippen LogP contribution in [0.5, 0.6) is 0 Å². The average Bonchev–Trinajstić information content (AvgIpc) is 3.27. The molecule has 0 rings (SSSR count). The Morgan fingerprint density at radius 2 is 0.629 bits per heavy atom. The molecule has 0 amide bonds. The Morgan fingerprint density at radius 3 is 1.05 bits per heavy atom. The third kappa shape index (κ3) is 47.9. The third-order valence-corrected chi connectivity index (χ3v) is 10.9. The Kier molecular flexibility index (Phi) is 47.9. The Morgan fingerprint density at radius 1 is 0.339 bits per heavy atom. The first-order valence-corrected chi connectivity index (χ1v) is 25.9. The molecule has 356 valence electrons. The molecule has 6 heteroatoms. The van der Waals surface area contributed by atoms with E-state index in [4.69, 9.17) is 14.2 Å². The van der Waals surface area contributed by atoms with E-state index in [1.54, 1.807) is 0 Å². The van der Waals surface area contributed by atoms with Crippen LogP contribution in [0.1, 0.15) is 245 Å². The quantitative estimate of drug-likeness (QED) is 0.0262. The monoisotopic (exact) mass is 865 g/mol. The maximum absolute atomic E-state index is 12.8. The number of esters is 3. The summed E-state index contributed by atoms with van der Waals surface area (Å²) in [4.78, 5) is 37.9. The lowest BCUT2D eigenvalue weighted by atomic mass is 10.0. The number of carbonyl (C=O) groups is 3. The summed E-state index contributed by atoms with van der Waals surface area (Å²) in [5.74, 6) is -0.928. The Labute approximate surface area is 382 Å². The predicted octanol–water partition coefficient (Wildman–Crippen LogP) is 17.0. The van der Waals surface area contributed by atoms with Crippen molar-refractivity contribution in [1.29, 1.82) is 0 Å². The van der Waals surface area contributed by atoms with Crippen molar-refractivity contribution in [2.75, 3.05) is 13.2 Å². The maximum Gasteiger partial charge on any atom is 0.306 e. The number of carbonyl (C=O) groups excluding carboxylic acids is 3. The van der Waals surface area contributed by atoms with Gasteiger partial charge in [0.1, 0.15) is 13.2 Å². The van der Waals surface area contributed by atoms with Gasteiger partial charge in [-0.3, -0.25) is 14.4 Å². The summed E-state index contributed by atoms with van der Waals surface area (Å²) in [5, 5.41) is 0. The first-order chi connectivity index (χ1) is 30.5. The molecule has 0 N–H and O–H groups in total. The molecule has 0 aromatic heterocycles. The van der Waals surface area contributed by atoms with Crippen LogP contribution in [0.2, 0.25) is 0 Å². The second-order valence-corrected chi connectivity index (χ2v) is 17.1. The molecular formula is C56H96O6. The van der Waals surface area contributed by atoms with Gasteiger partial charge in [-0.05, 0) is 89.9 Å². The van der Waals surface area contributed by atoms with E-state index in [-0.39, 0.29) is 31.1 Å². The highest BCUT2D eigenvalue weighted by atomic mass is 16.6. The molecule has 0 aliphatic rings. The van der Waals surface area contributed by atoms with Gasteiger partial charge in [-0.25, -0.2) is 0 Å². The van der Waals surface area contributed by atoms with Crippen molar-refractivity contribution in [1.82, 2.24) is 0 Å². The van der Waals surface area contributed by atoms with E-state index in [1.165, 1.54) is 103 Å². The van der Waals surface area contributed by atoms with E-state index in [2.05, 4.69) is 93.7 Å². The van der Waals surface area contributed by atoms with E-state index in [0.29, 0.717) is 19.3 Å². The van der Waals surface area contributed by atoms with Crippen molar-refractivity contribution >= 4 is 17.9 Å². The Hall–Kier alpha value is -3.15. The van der Waals surface area contributed by atoms with Gasteiger partial charge >= 0.3 is 17.9 Å². The third-order valence-electron chi connectivity index (χ3n) is 10.9. The average molecular weight is 865 g/mol. The number of allylic oxidation sites excluding steroid dienone is 12. The fourth-order valence-electron chi connectivity index (χ4n) is 7.05. The van der Waals surface area contributed by atoms with Crippen molar-refractivity contribution in [2.24, 2.45) is 0 Å². The highest BCUT2D eigenvalue weighted by molar-refractivity contribution is 5.71. The fraction of sp³-hybridized carbons (Fsp3) is 0.732. The van der Waals surface area contributed by atoms with Crippen LogP contribution in [0.3, 0.4) is 0 Å². The second kappa shape index (κ2) is 50.5. The summed E-state index contributed by atoms with van der Waals surface area (Å²) in [6.07, 6.45) is 63.1. The van der Waals surface area contributed by atoms with Crippen LogP contribution >= 0.6 is 0 Å². The highest BCUT2D eigenvalue weighted by Gasteiger charge is 2.19. The van der Waals surface area contributed by atoms with Crippen LogP contribution in [-0.2, 0) is 28.6 Å². The van der Waals surface area contributed by atoms with Crippen LogP contribution in [-0.4, -0.2) is 37.2 Å². The van der Waals surface area contributed by atoms with E-state index < -0.39 is 6.10 Å². The van der Waals surface area contributed by atoms with Gasteiger partial charge in [0, 0.05) is 19.3 Å². The SMILES string of the molecule is CC/C=C\C/C=C\C/C=C\C/C=C\C/C=C\CCCCCC(=O)OCC(COC(=O)CCCCCCC/C=C\CCCCC)OC(=O)CCCCCCCCCCCCCCC. The van der Waals surface area contributed by atoms with Gasteiger partial charge in [-0.2, -0.15) is 0 Å². The summed E-state index contributed by atoms with van der Waals surface area (Å²) in [7, 11) is 0. The largest absolute Gasteiger partial charge is 0.462 e. The maximum atomic E-state index is 12.8. The minimum Gasteiger partial charge on any atom is -0.462 e. The molecule has 0 spiro atoms. The van der Waals surface area contributed by atoms with Crippen LogP contribution < -0.4 is 0 Å². The van der Waals surface area contributed by atoms with Crippen molar-refractivity contribution in [2.45, 2.75) is 252 Å². The van der Waals surface area contributed by atoms with Crippen molar-refractivity contribution in [3.8, 4) is 0 Å². The smallest absolute Gasteiger partial charge is 0.306 e. The first-order valence-electron chi connectivity index (χ1n) is 25.9. The minimum absolute atomic E-state index is 0.0890. The van der Waals surface area contributed by atoms with Gasteiger partial charge in [-0.15, -0.1) is 0 Å². The minimum atomic E-state index is -0.789. The summed E-state index contributed by atoms with van der Waals surface area (Å²) in [5.41, 5.74) is 0. The van der Waals surface area contributed by atoms with Crippen molar-refractivity contribution in [3.05, 3.63) is 72.9 Å².